The minimum Gasteiger partial charge on any atom is -0.325 e. The number of pyridine rings is 1. The highest BCUT2D eigenvalue weighted by Crippen LogP contribution is 2.47. The van der Waals surface area contributed by atoms with Gasteiger partial charge in [-0.3, -0.25) is 14.4 Å². The Hall–Kier alpha value is -4.04. The molecule has 0 bridgehead atoms. The van der Waals surface area contributed by atoms with E-state index < -0.39 is 11.0 Å². The molecule has 1 aromatic heterocycles. The predicted molar refractivity (Wildman–Crippen MR) is 149 cm³/mol. The second-order valence-corrected chi connectivity index (χ2v) is 10.9. The van der Waals surface area contributed by atoms with Crippen molar-refractivity contribution in [1.82, 2.24) is 15.2 Å². The summed E-state index contributed by atoms with van der Waals surface area (Å²) in [6.07, 6.45) is 4.15. The predicted octanol–water partition coefficient (Wildman–Crippen LogP) is 3.74. The first-order valence-corrected chi connectivity index (χ1v) is 13.7. The SMILES string of the molecule is CCC1(CC)NC[C@H](c2ccccc2)N(CC(=O)Nc2ccc3c(c2)C[C@@]2(C3)C(=O)Nc3ncccc32)C1=O. The van der Waals surface area contributed by atoms with Crippen molar-refractivity contribution in [1.29, 1.82) is 0 Å². The van der Waals surface area contributed by atoms with Crippen LogP contribution in [0.3, 0.4) is 0 Å². The molecule has 0 radical (unpaired) electrons. The van der Waals surface area contributed by atoms with Gasteiger partial charge in [0.25, 0.3) is 0 Å². The number of hydrogen-bond donors (Lipinski definition) is 3. The number of hydrogen-bond acceptors (Lipinski definition) is 5. The highest BCUT2D eigenvalue weighted by molar-refractivity contribution is 6.06. The fourth-order valence-corrected chi connectivity index (χ4v) is 6.55. The lowest BCUT2D eigenvalue weighted by Gasteiger charge is -2.46. The Bertz CT molecular complexity index is 1450. The quantitative estimate of drug-likeness (QED) is 0.457. The molecule has 0 saturated carbocycles. The monoisotopic (exact) mass is 523 g/mol. The van der Waals surface area contributed by atoms with Crippen molar-refractivity contribution in [3.63, 3.8) is 0 Å². The van der Waals surface area contributed by atoms with Crippen molar-refractivity contribution >= 4 is 29.2 Å². The molecule has 2 atom stereocenters. The van der Waals surface area contributed by atoms with Gasteiger partial charge in [0.05, 0.1) is 17.0 Å². The number of nitrogens with zero attached hydrogens (tertiary/aromatic N) is 2. The molecule has 8 nitrogen and oxygen atoms in total. The number of benzene rings is 2. The molecule has 2 aromatic carbocycles. The van der Waals surface area contributed by atoms with Crippen molar-refractivity contribution in [2.24, 2.45) is 0 Å². The first-order chi connectivity index (χ1) is 18.9. The average molecular weight is 524 g/mol. The molecular formula is C31H33N5O3. The van der Waals surface area contributed by atoms with Gasteiger partial charge >= 0.3 is 0 Å². The van der Waals surface area contributed by atoms with Crippen LogP contribution in [-0.2, 0) is 32.6 Å². The van der Waals surface area contributed by atoms with Crippen LogP contribution < -0.4 is 16.0 Å². The van der Waals surface area contributed by atoms with E-state index in [0.29, 0.717) is 43.7 Å². The number of fused-ring (bicyclic) bond motifs is 3. The van der Waals surface area contributed by atoms with Gasteiger partial charge in [-0.15, -0.1) is 0 Å². The summed E-state index contributed by atoms with van der Waals surface area (Å²) in [5.74, 6) is 0.316. The molecule has 0 unspecified atom stereocenters. The van der Waals surface area contributed by atoms with Crippen LogP contribution in [0.15, 0.2) is 66.9 Å². The van der Waals surface area contributed by atoms with E-state index >= 15 is 0 Å². The largest absolute Gasteiger partial charge is 0.325 e. The van der Waals surface area contributed by atoms with Gasteiger partial charge in [-0.05, 0) is 60.6 Å². The molecule has 3 amide bonds. The molecule has 3 N–H and O–H groups in total. The Labute approximate surface area is 228 Å². The van der Waals surface area contributed by atoms with Gasteiger partial charge in [0, 0.05) is 24.0 Å². The number of carbonyl (C=O) groups excluding carboxylic acids is 3. The zero-order chi connectivity index (χ0) is 27.2. The summed E-state index contributed by atoms with van der Waals surface area (Å²) in [5, 5.41) is 9.44. The maximum atomic E-state index is 13.8. The summed E-state index contributed by atoms with van der Waals surface area (Å²) in [5.41, 5.74) is 3.40. The van der Waals surface area contributed by atoms with Crippen LogP contribution in [0.4, 0.5) is 11.5 Å². The van der Waals surface area contributed by atoms with Crippen LogP contribution in [0.2, 0.25) is 0 Å². The summed E-state index contributed by atoms with van der Waals surface area (Å²) in [7, 11) is 0. The van der Waals surface area contributed by atoms with Crippen LogP contribution in [0, 0.1) is 0 Å². The van der Waals surface area contributed by atoms with E-state index in [0.717, 1.165) is 22.3 Å². The number of aromatic nitrogens is 1. The van der Waals surface area contributed by atoms with Crippen LogP contribution in [0.5, 0.6) is 0 Å². The van der Waals surface area contributed by atoms with Crippen molar-refractivity contribution in [2.45, 2.75) is 56.5 Å². The van der Waals surface area contributed by atoms with Crippen molar-refractivity contribution in [3.05, 3.63) is 89.1 Å². The lowest BCUT2D eigenvalue weighted by molar-refractivity contribution is -0.148. The van der Waals surface area contributed by atoms with Crippen LogP contribution in [-0.4, -0.2) is 46.2 Å². The number of anilines is 2. The first-order valence-electron chi connectivity index (χ1n) is 13.7. The molecule has 3 aromatic rings. The van der Waals surface area contributed by atoms with E-state index in [1.54, 1.807) is 11.1 Å². The third kappa shape index (κ3) is 4.10. The van der Waals surface area contributed by atoms with E-state index in [-0.39, 0.29) is 30.3 Å². The molecule has 39 heavy (non-hydrogen) atoms. The van der Waals surface area contributed by atoms with Gasteiger partial charge in [-0.25, -0.2) is 4.98 Å². The van der Waals surface area contributed by atoms with Crippen molar-refractivity contribution < 1.29 is 14.4 Å². The molecule has 200 valence electrons. The van der Waals surface area contributed by atoms with E-state index in [9.17, 15) is 14.4 Å². The summed E-state index contributed by atoms with van der Waals surface area (Å²) in [6, 6.07) is 19.3. The Morgan fingerprint density at radius 1 is 1.03 bits per heavy atom. The van der Waals surface area contributed by atoms with E-state index in [4.69, 9.17) is 0 Å². The topological polar surface area (TPSA) is 103 Å². The Balaban J connectivity index is 1.22. The summed E-state index contributed by atoms with van der Waals surface area (Å²) in [6.45, 7) is 4.56. The molecule has 1 fully saturated rings. The Morgan fingerprint density at radius 3 is 2.56 bits per heavy atom. The number of carbonyl (C=O) groups is 3. The van der Waals surface area contributed by atoms with Crippen LogP contribution >= 0.6 is 0 Å². The second kappa shape index (κ2) is 9.61. The fraction of sp³-hybridized carbons (Fsp3) is 0.355. The lowest BCUT2D eigenvalue weighted by atomic mass is 9.79. The van der Waals surface area contributed by atoms with Gasteiger partial charge in [0.2, 0.25) is 17.7 Å². The zero-order valence-electron chi connectivity index (χ0n) is 22.3. The van der Waals surface area contributed by atoms with E-state index in [2.05, 4.69) is 20.9 Å². The number of piperazine rings is 1. The van der Waals surface area contributed by atoms with E-state index in [1.807, 2.05) is 74.5 Å². The summed E-state index contributed by atoms with van der Waals surface area (Å²) >= 11 is 0. The highest BCUT2D eigenvalue weighted by Gasteiger charge is 2.51. The van der Waals surface area contributed by atoms with Gasteiger partial charge < -0.3 is 20.9 Å². The third-order valence-electron chi connectivity index (χ3n) is 8.85. The maximum Gasteiger partial charge on any atom is 0.244 e. The molecule has 1 spiro atoms. The third-order valence-corrected chi connectivity index (χ3v) is 8.85. The molecular weight excluding hydrogens is 490 g/mol. The first kappa shape index (κ1) is 25.2. The highest BCUT2D eigenvalue weighted by atomic mass is 16.2. The summed E-state index contributed by atoms with van der Waals surface area (Å²) in [4.78, 5) is 46.2. The van der Waals surface area contributed by atoms with Gasteiger partial charge in [0.1, 0.15) is 12.4 Å². The van der Waals surface area contributed by atoms with Gasteiger partial charge in [0.15, 0.2) is 0 Å². The molecule has 3 heterocycles. The molecule has 1 aliphatic carbocycles. The lowest BCUT2D eigenvalue weighted by Crippen LogP contribution is -2.65. The molecule has 3 aliphatic rings. The minimum absolute atomic E-state index is 0.0301. The van der Waals surface area contributed by atoms with Crippen LogP contribution in [0.1, 0.15) is 55.0 Å². The Kier molecular flexibility index (Phi) is 6.22. The standard InChI is InChI=1S/C31H33N5O3/c1-3-31(4-2)29(39)36(25(18-33-31)20-9-6-5-7-10-20)19-26(37)34-23-13-12-21-16-30(17-22(21)15-23)24-11-8-14-32-27(24)35-28(30)38/h5-15,25,33H,3-4,16-19H2,1-2H3,(H,34,37)(H,32,35,38)/t25-,30-/m1/s1. The normalized spacial score (nSPS) is 22.9. The number of nitrogens with one attached hydrogen (secondary N) is 3. The fourth-order valence-electron chi connectivity index (χ4n) is 6.55. The van der Waals surface area contributed by atoms with E-state index in [1.165, 1.54) is 0 Å². The maximum absolute atomic E-state index is 13.8. The molecule has 1 saturated heterocycles. The van der Waals surface area contributed by atoms with Gasteiger partial charge in [-0.1, -0.05) is 56.3 Å². The Morgan fingerprint density at radius 2 is 1.79 bits per heavy atom. The molecule has 6 rings (SSSR count). The summed E-state index contributed by atoms with van der Waals surface area (Å²) < 4.78 is 0. The smallest absolute Gasteiger partial charge is 0.244 e. The van der Waals surface area contributed by atoms with Crippen LogP contribution in [0.25, 0.3) is 0 Å². The number of amides is 3. The minimum atomic E-state index is -0.666. The number of rotatable bonds is 6. The van der Waals surface area contributed by atoms with Crippen molar-refractivity contribution in [2.75, 3.05) is 23.7 Å². The molecule has 8 heteroatoms. The molecule has 2 aliphatic heterocycles. The average Bonchev–Trinajstić information content (AvgIpc) is 3.47. The zero-order valence-corrected chi connectivity index (χ0v) is 22.3. The van der Waals surface area contributed by atoms with Gasteiger partial charge in [-0.2, -0.15) is 0 Å². The second-order valence-electron chi connectivity index (χ2n) is 10.9. The van der Waals surface area contributed by atoms with Crippen molar-refractivity contribution in [3.8, 4) is 0 Å².